The molecule has 2 fully saturated rings. The lowest BCUT2D eigenvalue weighted by atomic mass is 9.97. The highest BCUT2D eigenvalue weighted by atomic mass is 16.8. The molecule has 6 atom stereocenters. The van der Waals surface area contributed by atoms with E-state index < -0.39 is 43.0 Å². The maximum Gasteiger partial charge on any atom is 0.340 e. The van der Waals surface area contributed by atoms with Crippen LogP contribution in [0.4, 0.5) is 0 Å². The van der Waals surface area contributed by atoms with Crippen molar-refractivity contribution >= 4 is 5.97 Å². The van der Waals surface area contributed by atoms with Gasteiger partial charge in [-0.2, -0.15) is 0 Å². The monoisotopic (exact) mass is 780 g/mol. The standard InChI is InChI=1S/C48H44O10/c49-42-44-41(32-55-47(57-44)37-24-14-5-15-25-37)56-48(45(42)54-31-36-22-12-4-13-23-36)58-46(50)38-26-39(51-28-33-16-6-1-7-17-33)43(53-30-35-20-10-3-11-21-35)40(27-38)52-29-34-18-8-2-9-19-34/h1-27,41-42,44-45,47-49H,28-32H2/t41-,42+,44-,45-,47-,48+/m1/s1. The molecule has 0 saturated carbocycles. The lowest BCUT2D eigenvalue weighted by molar-refractivity contribution is -0.359. The van der Waals surface area contributed by atoms with Crippen molar-refractivity contribution in [3.05, 3.63) is 197 Å². The van der Waals surface area contributed by atoms with E-state index in [0.717, 1.165) is 27.8 Å². The molecule has 296 valence electrons. The number of hydrogen-bond acceptors (Lipinski definition) is 10. The normalized spacial score (nSPS) is 21.3. The second-order valence-electron chi connectivity index (χ2n) is 14.0. The lowest BCUT2D eigenvalue weighted by Gasteiger charge is -2.47. The average Bonchev–Trinajstić information content (AvgIpc) is 3.28. The Balaban J connectivity index is 1.09. The molecule has 10 nitrogen and oxygen atoms in total. The number of carbonyl (C=O) groups is 1. The summed E-state index contributed by atoms with van der Waals surface area (Å²) in [7, 11) is 0. The Hall–Kier alpha value is -6.01. The van der Waals surface area contributed by atoms with Crippen molar-refractivity contribution in [2.45, 2.75) is 63.4 Å². The number of ether oxygens (including phenoxy) is 8. The molecule has 0 amide bonds. The van der Waals surface area contributed by atoms with Gasteiger partial charge in [0.25, 0.3) is 0 Å². The summed E-state index contributed by atoms with van der Waals surface area (Å²) in [5.74, 6) is 0.125. The van der Waals surface area contributed by atoms with Crippen molar-refractivity contribution in [1.82, 2.24) is 0 Å². The van der Waals surface area contributed by atoms with E-state index in [1.165, 1.54) is 0 Å². The van der Waals surface area contributed by atoms with Crippen LogP contribution in [0.2, 0.25) is 0 Å². The first kappa shape index (κ1) is 38.8. The van der Waals surface area contributed by atoms with E-state index in [1.54, 1.807) is 12.1 Å². The van der Waals surface area contributed by atoms with Crippen LogP contribution in [0.15, 0.2) is 164 Å². The summed E-state index contributed by atoms with van der Waals surface area (Å²) in [5.41, 5.74) is 4.55. The van der Waals surface area contributed by atoms with Crippen LogP contribution in [0.1, 0.15) is 44.5 Å². The summed E-state index contributed by atoms with van der Waals surface area (Å²) < 4.78 is 50.2. The molecule has 0 aromatic heterocycles. The molecule has 0 bridgehead atoms. The Labute approximate surface area is 337 Å². The van der Waals surface area contributed by atoms with Crippen LogP contribution < -0.4 is 14.2 Å². The third kappa shape index (κ3) is 9.74. The first-order chi connectivity index (χ1) is 28.6. The first-order valence-corrected chi connectivity index (χ1v) is 19.3. The van der Waals surface area contributed by atoms with Crippen LogP contribution >= 0.6 is 0 Å². The lowest BCUT2D eigenvalue weighted by Crippen LogP contribution is -2.63. The highest BCUT2D eigenvalue weighted by molar-refractivity contribution is 5.91. The summed E-state index contributed by atoms with van der Waals surface area (Å²) in [5, 5.41) is 11.9. The molecular formula is C48H44O10. The SMILES string of the molecule is O=C(O[C@@H]1O[C@@H]2CO[C@@H](c3ccccc3)O[C@H]2[C@H](O)[C@H]1OCc1ccccc1)c1cc(OCc2ccccc2)c(OCc2ccccc2)c(OCc2ccccc2)c1. The molecule has 10 heteroatoms. The molecule has 1 N–H and O–H groups in total. The number of rotatable bonds is 15. The molecule has 2 aliphatic rings. The second-order valence-corrected chi connectivity index (χ2v) is 14.0. The number of fused-ring (bicyclic) bond motifs is 1. The van der Waals surface area contributed by atoms with Crippen LogP contribution in [0, 0.1) is 0 Å². The maximum atomic E-state index is 14.3. The Bertz CT molecular complexity index is 2120. The molecule has 58 heavy (non-hydrogen) atoms. The van der Waals surface area contributed by atoms with Crippen LogP contribution in [0.5, 0.6) is 17.2 Å². The molecule has 8 rings (SSSR count). The molecule has 0 spiro atoms. The quantitative estimate of drug-likeness (QED) is 0.102. The number of aliphatic hydroxyl groups excluding tert-OH is 1. The summed E-state index contributed by atoms with van der Waals surface area (Å²) in [4.78, 5) is 14.3. The molecular weight excluding hydrogens is 737 g/mol. The molecule has 2 saturated heterocycles. The molecule has 6 aromatic carbocycles. The highest BCUT2D eigenvalue weighted by Gasteiger charge is 2.51. The van der Waals surface area contributed by atoms with Crippen molar-refractivity contribution in [2.24, 2.45) is 0 Å². The first-order valence-electron chi connectivity index (χ1n) is 19.3. The van der Waals surface area contributed by atoms with Crippen LogP contribution in [0.25, 0.3) is 0 Å². The summed E-state index contributed by atoms with van der Waals surface area (Å²) in [6, 6.07) is 51.2. The van der Waals surface area contributed by atoms with E-state index in [9.17, 15) is 9.90 Å². The average molecular weight is 781 g/mol. The van der Waals surface area contributed by atoms with Gasteiger partial charge in [-0.25, -0.2) is 4.79 Å². The maximum absolute atomic E-state index is 14.3. The molecule has 0 unspecified atom stereocenters. The van der Waals surface area contributed by atoms with Gasteiger partial charge in [0.2, 0.25) is 12.0 Å². The fourth-order valence-electron chi connectivity index (χ4n) is 6.81. The molecule has 2 heterocycles. The van der Waals surface area contributed by atoms with E-state index in [4.69, 9.17) is 37.9 Å². The van der Waals surface area contributed by atoms with E-state index in [2.05, 4.69) is 0 Å². The van der Waals surface area contributed by atoms with E-state index in [1.807, 2.05) is 152 Å². The van der Waals surface area contributed by atoms with Crippen molar-refractivity contribution in [1.29, 1.82) is 0 Å². The number of esters is 1. The van der Waals surface area contributed by atoms with Gasteiger partial charge < -0.3 is 43.0 Å². The van der Waals surface area contributed by atoms with Crippen molar-refractivity contribution in [3.8, 4) is 17.2 Å². The Morgan fingerprint density at radius 3 is 1.57 bits per heavy atom. The number of benzene rings is 6. The van der Waals surface area contributed by atoms with E-state index in [-0.39, 0.29) is 50.1 Å². The minimum atomic E-state index is -1.33. The number of aliphatic hydroxyl groups is 1. The van der Waals surface area contributed by atoms with Crippen LogP contribution in [0.3, 0.4) is 0 Å². The zero-order chi connectivity index (χ0) is 39.5. The van der Waals surface area contributed by atoms with E-state index >= 15 is 0 Å². The zero-order valence-corrected chi connectivity index (χ0v) is 31.7. The van der Waals surface area contributed by atoms with Gasteiger partial charge in [0, 0.05) is 5.56 Å². The van der Waals surface area contributed by atoms with Crippen LogP contribution in [-0.4, -0.2) is 48.4 Å². The summed E-state index contributed by atoms with van der Waals surface area (Å²) in [6.07, 6.45) is -5.99. The predicted octanol–water partition coefficient (Wildman–Crippen LogP) is 8.37. The van der Waals surface area contributed by atoms with Crippen molar-refractivity contribution in [3.63, 3.8) is 0 Å². The van der Waals surface area contributed by atoms with Crippen LogP contribution in [-0.2, 0) is 50.1 Å². The predicted molar refractivity (Wildman–Crippen MR) is 214 cm³/mol. The fourth-order valence-corrected chi connectivity index (χ4v) is 6.81. The van der Waals surface area contributed by atoms with Gasteiger partial charge in [0.15, 0.2) is 17.8 Å². The number of carbonyl (C=O) groups excluding carboxylic acids is 1. The largest absolute Gasteiger partial charge is 0.485 e. The molecule has 0 radical (unpaired) electrons. The highest BCUT2D eigenvalue weighted by Crippen LogP contribution is 2.42. The van der Waals surface area contributed by atoms with Gasteiger partial charge in [0.1, 0.15) is 44.2 Å². The van der Waals surface area contributed by atoms with Crippen molar-refractivity contribution in [2.75, 3.05) is 6.61 Å². The fraction of sp³-hybridized carbons (Fsp3) is 0.229. The van der Waals surface area contributed by atoms with E-state index in [0.29, 0.717) is 5.75 Å². The molecule has 2 aliphatic heterocycles. The topological polar surface area (TPSA) is 111 Å². The van der Waals surface area contributed by atoms with Gasteiger partial charge in [-0.05, 0) is 34.4 Å². The molecule has 0 aliphatic carbocycles. The summed E-state index contributed by atoms with van der Waals surface area (Å²) in [6.45, 7) is 0.820. The van der Waals surface area contributed by atoms with Gasteiger partial charge in [-0.3, -0.25) is 0 Å². The minimum absolute atomic E-state index is 0.0865. The second kappa shape index (κ2) is 19.0. The van der Waals surface area contributed by atoms with Gasteiger partial charge in [-0.1, -0.05) is 152 Å². The smallest absolute Gasteiger partial charge is 0.340 e. The third-order valence-electron chi connectivity index (χ3n) is 9.85. The zero-order valence-electron chi connectivity index (χ0n) is 31.7. The van der Waals surface area contributed by atoms with Gasteiger partial charge in [-0.15, -0.1) is 0 Å². The molecule has 6 aromatic rings. The Morgan fingerprint density at radius 2 is 1.05 bits per heavy atom. The minimum Gasteiger partial charge on any atom is -0.485 e. The Morgan fingerprint density at radius 1 is 0.586 bits per heavy atom. The number of hydrogen-bond donors (Lipinski definition) is 1. The van der Waals surface area contributed by atoms with Gasteiger partial charge in [0.05, 0.1) is 18.8 Å². The van der Waals surface area contributed by atoms with Crippen molar-refractivity contribution < 1.29 is 47.8 Å². The third-order valence-corrected chi connectivity index (χ3v) is 9.85. The van der Waals surface area contributed by atoms with Gasteiger partial charge >= 0.3 is 5.97 Å². The summed E-state index contributed by atoms with van der Waals surface area (Å²) >= 11 is 0. The Kier molecular flexibility index (Phi) is 12.7.